The van der Waals surface area contributed by atoms with Gasteiger partial charge in [-0.05, 0) is 0 Å². The Balaban J connectivity index is 2.63. The maximum Gasteiger partial charge on any atom is 0.181 e. The van der Waals surface area contributed by atoms with Gasteiger partial charge in [-0.25, -0.2) is 0 Å². The van der Waals surface area contributed by atoms with Crippen LogP contribution in [0.1, 0.15) is 6.92 Å². The van der Waals surface area contributed by atoms with Crippen molar-refractivity contribution in [3.63, 3.8) is 0 Å². The Morgan fingerprint density at radius 1 is 1.17 bits per heavy atom. The predicted molar refractivity (Wildman–Crippen MR) is 39.1 cm³/mol. The van der Waals surface area contributed by atoms with Gasteiger partial charge < -0.3 is 25.2 Å². The highest BCUT2D eigenvalue weighted by molar-refractivity contribution is 4.85. The number of hydrogen-bond donors (Lipinski definition) is 4. The zero-order chi connectivity index (χ0) is 9.30. The van der Waals surface area contributed by atoms with Crippen LogP contribution in [0.15, 0.2) is 0 Å². The van der Waals surface area contributed by atoms with Crippen LogP contribution in [-0.4, -0.2) is 51.6 Å². The minimum absolute atomic E-state index is 0.366. The van der Waals surface area contributed by atoms with Crippen LogP contribution in [0.4, 0.5) is 0 Å². The molecule has 0 aromatic carbocycles. The molecule has 1 unspecified atom stereocenters. The minimum Gasteiger partial charge on any atom is -0.394 e. The number of aliphatic hydroxyl groups is 4. The summed E-state index contributed by atoms with van der Waals surface area (Å²) >= 11 is 0. The van der Waals surface area contributed by atoms with Crippen LogP contribution in [0.25, 0.3) is 0 Å². The van der Waals surface area contributed by atoms with Crippen molar-refractivity contribution in [3.8, 4) is 0 Å². The third kappa shape index (κ3) is 1.60. The van der Waals surface area contributed by atoms with Gasteiger partial charge in [-0.1, -0.05) is 6.92 Å². The Morgan fingerprint density at radius 3 is 2.25 bits per heavy atom. The fourth-order valence-corrected chi connectivity index (χ4v) is 1.29. The first-order chi connectivity index (χ1) is 5.57. The van der Waals surface area contributed by atoms with Crippen molar-refractivity contribution in [2.45, 2.75) is 31.5 Å². The Morgan fingerprint density at radius 2 is 1.75 bits per heavy atom. The van der Waals surface area contributed by atoms with Gasteiger partial charge in [0, 0.05) is 5.92 Å². The van der Waals surface area contributed by atoms with E-state index in [4.69, 9.17) is 14.9 Å². The summed E-state index contributed by atoms with van der Waals surface area (Å²) < 4.78 is 4.74. The molecule has 4 N–H and O–H groups in total. The van der Waals surface area contributed by atoms with Crippen LogP contribution < -0.4 is 0 Å². The second-order valence-corrected chi connectivity index (χ2v) is 3.09. The molecule has 1 aliphatic rings. The van der Waals surface area contributed by atoms with E-state index in [0.29, 0.717) is 0 Å². The molecule has 5 atom stereocenters. The molecule has 0 radical (unpaired) electrons. The summed E-state index contributed by atoms with van der Waals surface area (Å²) in [4.78, 5) is 0. The van der Waals surface area contributed by atoms with E-state index in [1.165, 1.54) is 0 Å². The molecule has 12 heavy (non-hydrogen) atoms. The highest BCUT2D eigenvalue weighted by atomic mass is 16.6. The molecule has 1 heterocycles. The van der Waals surface area contributed by atoms with E-state index in [2.05, 4.69) is 0 Å². The van der Waals surface area contributed by atoms with Gasteiger partial charge in [-0.15, -0.1) is 0 Å². The lowest BCUT2D eigenvalue weighted by Crippen LogP contribution is -2.54. The van der Waals surface area contributed by atoms with E-state index in [1.54, 1.807) is 6.92 Å². The molecule has 0 aromatic rings. The van der Waals surface area contributed by atoms with Crippen molar-refractivity contribution in [3.05, 3.63) is 0 Å². The van der Waals surface area contributed by atoms with Crippen LogP contribution in [0.3, 0.4) is 0 Å². The number of ether oxygens (including phenoxy) is 1. The van der Waals surface area contributed by atoms with Crippen molar-refractivity contribution in [2.75, 3.05) is 6.61 Å². The molecule has 0 saturated carbocycles. The fraction of sp³-hybridized carbons (Fsp3) is 1.00. The molecule has 5 heteroatoms. The summed E-state index contributed by atoms with van der Waals surface area (Å²) in [5.41, 5.74) is 0. The Hall–Kier alpha value is -0.200. The van der Waals surface area contributed by atoms with E-state index in [1.807, 2.05) is 0 Å². The first kappa shape index (κ1) is 9.88. The lowest BCUT2D eigenvalue weighted by molar-refractivity contribution is -0.271. The van der Waals surface area contributed by atoms with Crippen molar-refractivity contribution in [1.82, 2.24) is 0 Å². The van der Waals surface area contributed by atoms with Crippen LogP contribution in [0.2, 0.25) is 0 Å². The lowest BCUT2D eigenvalue weighted by Gasteiger charge is -2.38. The van der Waals surface area contributed by atoms with E-state index in [0.717, 1.165) is 0 Å². The molecule has 1 rings (SSSR count). The number of aliphatic hydroxyl groups excluding tert-OH is 4. The third-order valence-corrected chi connectivity index (χ3v) is 2.24. The molecule has 0 aromatic heterocycles. The summed E-state index contributed by atoms with van der Waals surface area (Å²) in [6.07, 6.45) is -4.16. The molecule has 0 spiro atoms. The first-order valence-corrected chi connectivity index (χ1v) is 3.88. The van der Waals surface area contributed by atoms with Crippen LogP contribution in [0, 0.1) is 5.92 Å². The summed E-state index contributed by atoms with van der Waals surface area (Å²) in [7, 11) is 0. The Bertz CT molecular complexity index is 146. The van der Waals surface area contributed by atoms with E-state index in [-0.39, 0.29) is 6.61 Å². The highest BCUT2D eigenvalue weighted by Crippen LogP contribution is 2.24. The first-order valence-electron chi connectivity index (χ1n) is 3.88. The zero-order valence-electron chi connectivity index (χ0n) is 6.79. The average Bonchev–Trinajstić information content (AvgIpc) is 2.08. The third-order valence-electron chi connectivity index (χ3n) is 2.24. The van der Waals surface area contributed by atoms with Crippen molar-refractivity contribution in [2.24, 2.45) is 5.92 Å². The fourth-order valence-electron chi connectivity index (χ4n) is 1.29. The molecule has 1 saturated heterocycles. The second-order valence-electron chi connectivity index (χ2n) is 3.09. The normalized spacial score (nSPS) is 49.2. The minimum atomic E-state index is -1.32. The highest BCUT2D eigenvalue weighted by Gasteiger charge is 2.40. The maximum absolute atomic E-state index is 9.37. The van der Waals surface area contributed by atoms with Gasteiger partial charge in [0.2, 0.25) is 0 Å². The lowest BCUT2D eigenvalue weighted by atomic mass is 9.91. The molecule has 1 fully saturated rings. The molecule has 72 valence electrons. The van der Waals surface area contributed by atoms with E-state index >= 15 is 0 Å². The van der Waals surface area contributed by atoms with E-state index in [9.17, 15) is 10.2 Å². The molecule has 5 nitrogen and oxygen atoms in total. The largest absolute Gasteiger partial charge is 0.394 e. The summed E-state index contributed by atoms with van der Waals surface area (Å²) in [6.45, 7) is 1.22. The van der Waals surface area contributed by atoms with Crippen LogP contribution in [0.5, 0.6) is 0 Å². The number of hydrogen-bond acceptors (Lipinski definition) is 5. The standard InChI is InChI=1S/C7H14O5/c1-3-5(9)4(2-8)12-7(11)6(3)10/h3-11H,2H2,1H3/t3?,4-,5+,6-,7+/m1/s1. The zero-order valence-corrected chi connectivity index (χ0v) is 6.79. The average molecular weight is 178 g/mol. The summed E-state index contributed by atoms with van der Waals surface area (Å²) in [5.74, 6) is -0.495. The molecule has 0 amide bonds. The SMILES string of the molecule is CC1[C@@H](O)[C@@H](O)O[C@H](CO)[C@H]1O. The second kappa shape index (κ2) is 3.68. The van der Waals surface area contributed by atoms with Gasteiger partial charge in [-0.2, -0.15) is 0 Å². The smallest absolute Gasteiger partial charge is 0.181 e. The van der Waals surface area contributed by atoms with Gasteiger partial charge in [-0.3, -0.25) is 0 Å². The molecular weight excluding hydrogens is 164 g/mol. The van der Waals surface area contributed by atoms with Crippen molar-refractivity contribution in [1.29, 1.82) is 0 Å². The quantitative estimate of drug-likeness (QED) is 0.375. The van der Waals surface area contributed by atoms with Crippen molar-refractivity contribution < 1.29 is 25.2 Å². The monoisotopic (exact) mass is 178 g/mol. The topological polar surface area (TPSA) is 90.2 Å². The summed E-state index contributed by atoms with van der Waals surface area (Å²) in [6, 6.07) is 0. The van der Waals surface area contributed by atoms with Gasteiger partial charge >= 0.3 is 0 Å². The molecule has 0 aliphatic carbocycles. The van der Waals surface area contributed by atoms with E-state index < -0.39 is 30.5 Å². The van der Waals surface area contributed by atoms with Crippen LogP contribution in [-0.2, 0) is 4.74 Å². The van der Waals surface area contributed by atoms with Gasteiger partial charge in [0.1, 0.15) is 12.2 Å². The molecular formula is C7H14O5. The van der Waals surface area contributed by atoms with Crippen molar-refractivity contribution >= 4 is 0 Å². The Kier molecular flexibility index (Phi) is 3.03. The molecule has 1 aliphatic heterocycles. The molecule has 0 bridgehead atoms. The number of rotatable bonds is 1. The van der Waals surface area contributed by atoms with Gasteiger partial charge in [0.15, 0.2) is 6.29 Å². The van der Waals surface area contributed by atoms with Gasteiger partial charge in [0.05, 0.1) is 12.7 Å². The van der Waals surface area contributed by atoms with Gasteiger partial charge in [0.25, 0.3) is 0 Å². The predicted octanol–water partition coefficient (Wildman–Crippen LogP) is -1.95. The van der Waals surface area contributed by atoms with Crippen LogP contribution >= 0.6 is 0 Å². The summed E-state index contributed by atoms with van der Waals surface area (Å²) in [5, 5.41) is 36.4. The Labute approximate surface area is 70.2 Å². The maximum atomic E-state index is 9.37.